The van der Waals surface area contributed by atoms with Crippen molar-refractivity contribution < 1.29 is 45.8 Å². The minimum absolute atomic E-state index is 0.00514. The summed E-state index contributed by atoms with van der Waals surface area (Å²) in [5.74, 6) is -3.38. The summed E-state index contributed by atoms with van der Waals surface area (Å²) in [5.41, 5.74) is 0.981. The first-order valence-electron chi connectivity index (χ1n) is 11.0. The van der Waals surface area contributed by atoms with E-state index in [-0.39, 0.29) is 41.1 Å². The van der Waals surface area contributed by atoms with Gasteiger partial charge in [0.1, 0.15) is 0 Å². The molecule has 14 heteroatoms. The Balaban J connectivity index is 0.000000397. The van der Waals surface area contributed by atoms with Gasteiger partial charge in [-0.25, -0.2) is 0 Å². The molecule has 0 atom stereocenters. The zero-order valence-corrected chi connectivity index (χ0v) is 22.5. The quantitative estimate of drug-likeness (QED) is 0.0821. The molecule has 0 spiro atoms. The van der Waals surface area contributed by atoms with Gasteiger partial charge in [0.05, 0.1) is 18.1 Å². The van der Waals surface area contributed by atoms with Crippen molar-refractivity contribution in [1.82, 2.24) is 0 Å². The fourth-order valence-corrected chi connectivity index (χ4v) is 4.59. The van der Waals surface area contributed by atoms with Crippen LogP contribution in [0.4, 0.5) is 11.4 Å². The number of phenolic OH excluding ortho intramolecular Hbond substituents is 1. The molecule has 2 aromatic carbocycles. The van der Waals surface area contributed by atoms with Gasteiger partial charge in [0.2, 0.25) is 0 Å². The topological polar surface area (TPSA) is 203 Å². The first-order valence-corrected chi connectivity index (χ1v) is 14.3. The Morgan fingerprint density at radius 1 is 1.08 bits per heavy atom. The van der Waals surface area contributed by atoms with Crippen molar-refractivity contribution in [2.24, 2.45) is 5.92 Å². The summed E-state index contributed by atoms with van der Waals surface area (Å²) in [6, 6.07) is 8.03. The van der Waals surface area contributed by atoms with Crippen LogP contribution in [0.2, 0.25) is 0 Å². The third kappa shape index (κ3) is 9.71. The van der Waals surface area contributed by atoms with E-state index in [1.54, 1.807) is 26.8 Å². The van der Waals surface area contributed by atoms with Crippen LogP contribution in [0.25, 0.3) is 0 Å². The molecule has 2 aromatic rings. The van der Waals surface area contributed by atoms with Crippen LogP contribution in [0.1, 0.15) is 31.9 Å². The Morgan fingerprint density at radius 3 is 2.11 bits per heavy atom. The number of para-hydroxylation sites is 1. The smallest absolute Gasteiger partial charge is 0.320 e. The number of hydrogen-bond donors (Lipinski definition) is 4. The van der Waals surface area contributed by atoms with Crippen molar-refractivity contribution in [3.63, 3.8) is 0 Å². The maximum absolute atomic E-state index is 11.9. The second-order valence-corrected chi connectivity index (χ2v) is 10.8. The van der Waals surface area contributed by atoms with E-state index >= 15 is 0 Å². The number of nitrogens with one attached hydrogen (secondary N) is 1. The van der Waals surface area contributed by atoms with Crippen LogP contribution in [-0.4, -0.2) is 63.5 Å². The third-order valence-electron chi connectivity index (χ3n) is 4.75. The molecule has 0 aliphatic carbocycles. The number of ether oxygens (including phenoxy) is 2. The number of hydrogen-bond acceptors (Lipinski definition) is 9. The minimum atomic E-state index is -5.14. The van der Waals surface area contributed by atoms with Crippen LogP contribution >= 0.6 is 0 Å². The molecule has 13 nitrogen and oxygen atoms in total. The van der Waals surface area contributed by atoms with E-state index in [0.717, 1.165) is 5.56 Å². The SMILES string of the molecule is CC(=O)Nc1c(O)cccc1[As](=O)(O)O.CCOC(=O)C(Cc1cc([N+](=O)[O-])ccc1C)C(=O)OCC. The number of nitro benzene ring substituents is 1. The molecule has 0 aromatic heterocycles. The molecule has 0 fully saturated rings. The number of nitro groups is 1. The number of phenols is 1. The Labute approximate surface area is 215 Å². The molecule has 0 radical (unpaired) electrons. The molecule has 4 N–H and O–H groups in total. The molecule has 0 bridgehead atoms. The number of esters is 2. The number of anilines is 1. The number of carbonyl (C=O) groups excluding carboxylic acids is 3. The normalized spacial score (nSPS) is 10.7. The monoisotopic (exact) mass is 584 g/mol. The van der Waals surface area contributed by atoms with E-state index in [1.165, 1.54) is 37.3 Å². The fourth-order valence-electron chi connectivity index (χ4n) is 3.03. The molecule has 0 aliphatic heterocycles. The van der Waals surface area contributed by atoms with Crippen molar-refractivity contribution in [1.29, 1.82) is 0 Å². The number of benzene rings is 2. The number of carbonyl (C=O) groups is 3. The van der Waals surface area contributed by atoms with Crippen LogP contribution in [0.5, 0.6) is 5.75 Å². The Kier molecular flexibility index (Phi) is 12.0. The first-order chi connectivity index (χ1) is 17.2. The predicted octanol–water partition coefficient (Wildman–Crippen LogP) is 1.10. The number of amides is 1. The van der Waals surface area contributed by atoms with Crippen molar-refractivity contribution in [2.75, 3.05) is 18.5 Å². The van der Waals surface area contributed by atoms with E-state index in [2.05, 4.69) is 5.32 Å². The van der Waals surface area contributed by atoms with Gasteiger partial charge in [0.15, 0.2) is 5.92 Å². The molecule has 0 aliphatic rings. The summed E-state index contributed by atoms with van der Waals surface area (Å²) >= 11 is -5.14. The van der Waals surface area contributed by atoms with Crippen molar-refractivity contribution in [3.8, 4) is 5.75 Å². The van der Waals surface area contributed by atoms with Crippen LogP contribution in [0.15, 0.2) is 36.4 Å². The Morgan fingerprint density at radius 2 is 1.65 bits per heavy atom. The number of rotatable bonds is 9. The summed E-state index contributed by atoms with van der Waals surface area (Å²) in [6.07, 6.45) is 0.00514. The number of nitrogens with zero attached hydrogens (tertiary/aromatic N) is 1. The van der Waals surface area contributed by atoms with E-state index in [1.807, 2.05) is 0 Å². The van der Waals surface area contributed by atoms with Crippen LogP contribution in [0.3, 0.4) is 0 Å². The van der Waals surface area contributed by atoms with E-state index in [4.69, 9.17) is 17.7 Å². The molecule has 2 rings (SSSR count). The zero-order valence-electron chi connectivity index (χ0n) is 20.7. The van der Waals surface area contributed by atoms with Crippen LogP contribution in [0, 0.1) is 23.0 Å². The van der Waals surface area contributed by atoms with Crippen molar-refractivity contribution in [2.45, 2.75) is 34.1 Å². The first kappa shape index (κ1) is 31.4. The van der Waals surface area contributed by atoms with Gasteiger partial charge in [-0.05, 0) is 38.3 Å². The zero-order chi connectivity index (χ0) is 28.3. The molecular weight excluding hydrogens is 555 g/mol. The van der Waals surface area contributed by atoms with Crippen molar-refractivity contribution in [3.05, 3.63) is 57.6 Å². The van der Waals surface area contributed by atoms with Crippen molar-refractivity contribution >= 4 is 47.7 Å². The maximum Gasteiger partial charge on any atom is 0.320 e. The Hall–Kier alpha value is -3.67. The number of aromatic hydroxyl groups is 1. The predicted molar refractivity (Wildman–Crippen MR) is 131 cm³/mol. The summed E-state index contributed by atoms with van der Waals surface area (Å²) in [5, 5.41) is 22.4. The van der Waals surface area contributed by atoms with Gasteiger partial charge in [0.25, 0.3) is 5.69 Å². The second-order valence-electron chi connectivity index (χ2n) is 7.53. The molecule has 0 saturated heterocycles. The summed E-state index contributed by atoms with van der Waals surface area (Å²) in [7, 11) is 0. The summed E-state index contributed by atoms with van der Waals surface area (Å²) in [4.78, 5) is 45.0. The molecule has 1 amide bonds. The van der Waals surface area contributed by atoms with Gasteiger partial charge in [0, 0.05) is 12.1 Å². The molecule has 0 heterocycles. The van der Waals surface area contributed by atoms with Gasteiger partial charge >= 0.3 is 100 Å². The van der Waals surface area contributed by atoms with Gasteiger partial charge in [-0.2, -0.15) is 0 Å². The fraction of sp³-hybridized carbons (Fsp3) is 0.348. The van der Waals surface area contributed by atoms with Crippen LogP contribution < -0.4 is 9.67 Å². The molecule has 202 valence electrons. The second kappa shape index (κ2) is 14.2. The number of non-ortho nitro benzene ring substituents is 1. The van der Waals surface area contributed by atoms with Gasteiger partial charge in [-0.15, -0.1) is 0 Å². The van der Waals surface area contributed by atoms with Crippen LogP contribution in [-0.2, 0) is 34.0 Å². The average molecular weight is 584 g/mol. The average Bonchev–Trinajstić information content (AvgIpc) is 2.79. The third-order valence-corrected chi connectivity index (χ3v) is 6.84. The molecular formula is C23H29AsN2O11. The number of aryl methyl sites for hydroxylation is 1. The van der Waals surface area contributed by atoms with E-state index in [0.29, 0.717) is 5.56 Å². The van der Waals surface area contributed by atoms with E-state index in [9.17, 15) is 33.3 Å². The molecule has 0 saturated carbocycles. The Bertz CT molecular complexity index is 1180. The van der Waals surface area contributed by atoms with Gasteiger partial charge < -0.3 is 9.47 Å². The minimum Gasteiger partial charge on any atom is -0.465 e. The standard InChI is InChI=1S/C15H19NO6.C8H10AsNO5/c1-4-21-14(17)13(15(18)22-5-2)9-11-8-12(16(19)20)7-6-10(11)3;1-5(11)10-8-6(9(13,14)15)3-2-4-7(8)12/h6-8,13H,4-5,9H2,1-3H3;2-4,12H,1H3,(H,10,11)(H2,13,14,15). The van der Waals surface area contributed by atoms with Gasteiger partial charge in [-0.3, -0.25) is 19.7 Å². The van der Waals surface area contributed by atoms with E-state index < -0.39 is 42.9 Å². The molecule has 0 unspecified atom stereocenters. The van der Waals surface area contributed by atoms with Gasteiger partial charge in [-0.1, -0.05) is 6.07 Å². The summed E-state index contributed by atoms with van der Waals surface area (Å²) < 4.78 is 38.5. The molecule has 37 heavy (non-hydrogen) atoms. The summed E-state index contributed by atoms with van der Waals surface area (Å²) in [6.45, 7) is 6.50. The maximum atomic E-state index is 11.9. The largest absolute Gasteiger partial charge is 0.465 e.